The maximum absolute atomic E-state index is 12.1. The smallest absolute Gasteiger partial charge is 0.250 e. The van der Waals surface area contributed by atoms with Crippen LogP contribution < -0.4 is 20.1 Å². The van der Waals surface area contributed by atoms with E-state index in [1.807, 2.05) is 18.2 Å². The van der Waals surface area contributed by atoms with Gasteiger partial charge in [0, 0.05) is 24.6 Å². The van der Waals surface area contributed by atoms with Crippen LogP contribution >= 0.6 is 0 Å². The molecule has 2 amide bonds. The summed E-state index contributed by atoms with van der Waals surface area (Å²) in [4.78, 5) is 23.7. The molecule has 1 aliphatic heterocycles. The number of benzene rings is 2. The average Bonchev–Trinajstić information content (AvgIpc) is 2.66. The van der Waals surface area contributed by atoms with Crippen LogP contribution in [0.4, 0.5) is 11.4 Å². The van der Waals surface area contributed by atoms with Crippen LogP contribution in [0, 0.1) is 0 Å². The van der Waals surface area contributed by atoms with Crippen LogP contribution in [0.15, 0.2) is 48.5 Å². The summed E-state index contributed by atoms with van der Waals surface area (Å²) in [6.45, 7) is 1.02. The highest BCUT2D eigenvalue weighted by Crippen LogP contribution is 2.31. The fraction of sp³-hybridized carbons (Fsp3) is 0.200. The Morgan fingerprint density at radius 3 is 2.56 bits per heavy atom. The van der Waals surface area contributed by atoms with Crippen molar-refractivity contribution in [2.24, 2.45) is 0 Å². The maximum Gasteiger partial charge on any atom is 0.250 e. The monoisotopic (exact) mass is 368 g/mol. The first-order valence-electron chi connectivity index (χ1n) is 8.41. The van der Waals surface area contributed by atoms with Gasteiger partial charge in [-0.05, 0) is 42.0 Å². The van der Waals surface area contributed by atoms with E-state index in [0.717, 1.165) is 5.56 Å². The summed E-state index contributed by atoms with van der Waals surface area (Å²) in [5.41, 5.74) is 1.97. The van der Waals surface area contributed by atoms with E-state index in [0.29, 0.717) is 36.1 Å². The van der Waals surface area contributed by atoms with Gasteiger partial charge < -0.3 is 24.8 Å². The van der Waals surface area contributed by atoms with E-state index < -0.39 is 0 Å². The first kappa shape index (κ1) is 18.5. The number of fused-ring (bicyclic) bond motifs is 1. The number of amides is 2. The molecule has 3 rings (SSSR count). The van der Waals surface area contributed by atoms with Crippen molar-refractivity contribution >= 4 is 29.3 Å². The molecule has 2 aromatic carbocycles. The molecule has 1 aliphatic rings. The molecule has 7 heteroatoms. The molecular weight excluding hydrogens is 348 g/mol. The zero-order valence-electron chi connectivity index (χ0n) is 14.9. The van der Waals surface area contributed by atoms with Gasteiger partial charge in [0.1, 0.15) is 19.8 Å². The number of hydrogen-bond donors (Lipinski definition) is 2. The molecule has 1 heterocycles. The van der Waals surface area contributed by atoms with Gasteiger partial charge >= 0.3 is 0 Å². The van der Waals surface area contributed by atoms with Gasteiger partial charge in [-0.3, -0.25) is 9.59 Å². The second-order valence-electron chi connectivity index (χ2n) is 5.79. The molecule has 0 aliphatic carbocycles. The van der Waals surface area contributed by atoms with Crippen LogP contribution in [0.2, 0.25) is 0 Å². The van der Waals surface area contributed by atoms with Crippen molar-refractivity contribution in [2.45, 2.75) is 0 Å². The molecule has 0 saturated heterocycles. The Morgan fingerprint density at radius 1 is 1.04 bits per heavy atom. The van der Waals surface area contributed by atoms with Gasteiger partial charge in [-0.25, -0.2) is 0 Å². The van der Waals surface area contributed by atoms with Crippen LogP contribution in [0.25, 0.3) is 6.08 Å². The van der Waals surface area contributed by atoms with Crippen LogP contribution in [-0.4, -0.2) is 38.7 Å². The lowest BCUT2D eigenvalue weighted by Gasteiger charge is -2.18. The first-order valence-corrected chi connectivity index (χ1v) is 8.41. The Balaban J connectivity index is 1.60. The normalized spacial score (nSPS) is 12.6. The second-order valence-corrected chi connectivity index (χ2v) is 5.79. The van der Waals surface area contributed by atoms with E-state index in [1.165, 1.54) is 13.2 Å². The highest BCUT2D eigenvalue weighted by Gasteiger charge is 2.11. The van der Waals surface area contributed by atoms with Gasteiger partial charge in [0.05, 0.1) is 0 Å². The number of anilines is 2. The lowest BCUT2D eigenvalue weighted by molar-refractivity contribution is -0.119. The van der Waals surface area contributed by atoms with Crippen LogP contribution in [0.1, 0.15) is 5.56 Å². The first-order chi connectivity index (χ1) is 13.1. The van der Waals surface area contributed by atoms with Crippen molar-refractivity contribution in [3.63, 3.8) is 0 Å². The van der Waals surface area contributed by atoms with Gasteiger partial charge in [-0.1, -0.05) is 12.1 Å². The van der Waals surface area contributed by atoms with Crippen LogP contribution in [-0.2, 0) is 14.3 Å². The summed E-state index contributed by atoms with van der Waals surface area (Å²) < 4.78 is 15.8. The molecule has 0 spiro atoms. The van der Waals surface area contributed by atoms with Crippen LogP contribution in [0.3, 0.4) is 0 Å². The molecule has 0 aromatic heterocycles. The van der Waals surface area contributed by atoms with Gasteiger partial charge in [-0.15, -0.1) is 0 Å². The third kappa shape index (κ3) is 5.32. The molecule has 0 fully saturated rings. The molecule has 2 N–H and O–H groups in total. The SMILES string of the molecule is COCC(=O)Nc1cccc(NC(=O)/C=C/c2ccc3c(c2)OCCO3)c1. The predicted molar refractivity (Wildman–Crippen MR) is 102 cm³/mol. The summed E-state index contributed by atoms with van der Waals surface area (Å²) in [5, 5.41) is 5.44. The molecule has 27 heavy (non-hydrogen) atoms. The van der Waals surface area contributed by atoms with Crippen molar-refractivity contribution in [1.29, 1.82) is 0 Å². The van der Waals surface area contributed by atoms with E-state index in [-0.39, 0.29) is 18.4 Å². The van der Waals surface area contributed by atoms with E-state index in [1.54, 1.807) is 30.3 Å². The standard InChI is InChI=1S/C20H20N2O5/c1-25-13-20(24)22-16-4-2-3-15(12-16)21-19(23)8-6-14-5-7-17-18(11-14)27-10-9-26-17/h2-8,11-12H,9-10,13H2,1H3,(H,21,23)(H,22,24)/b8-6+. The Morgan fingerprint density at radius 2 is 1.78 bits per heavy atom. The van der Waals surface area contributed by atoms with E-state index >= 15 is 0 Å². The molecular formula is C20H20N2O5. The van der Waals surface area contributed by atoms with E-state index in [4.69, 9.17) is 14.2 Å². The number of methoxy groups -OCH3 is 1. The summed E-state index contributed by atoms with van der Waals surface area (Å²) in [6.07, 6.45) is 3.12. The fourth-order valence-electron chi connectivity index (χ4n) is 2.52. The molecule has 0 saturated carbocycles. The minimum absolute atomic E-state index is 0.0329. The van der Waals surface area contributed by atoms with Crippen molar-refractivity contribution in [1.82, 2.24) is 0 Å². The number of carbonyl (C=O) groups excluding carboxylic acids is 2. The van der Waals surface area contributed by atoms with Crippen molar-refractivity contribution < 1.29 is 23.8 Å². The summed E-state index contributed by atoms with van der Waals surface area (Å²) >= 11 is 0. The Labute approximate surface area is 156 Å². The zero-order valence-corrected chi connectivity index (χ0v) is 14.9. The summed E-state index contributed by atoms with van der Waals surface area (Å²) in [5.74, 6) is 0.822. The summed E-state index contributed by atoms with van der Waals surface area (Å²) in [7, 11) is 1.45. The number of carbonyl (C=O) groups is 2. The van der Waals surface area contributed by atoms with Gasteiger partial charge in [0.2, 0.25) is 11.8 Å². The molecule has 0 bridgehead atoms. The Bertz CT molecular complexity index is 863. The van der Waals surface area contributed by atoms with Crippen LogP contribution in [0.5, 0.6) is 11.5 Å². The van der Waals surface area contributed by atoms with Crippen molar-refractivity contribution in [3.05, 3.63) is 54.1 Å². The van der Waals surface area contributed by atoms with E-state index in [9.17, 15) is 9.59 Å². The lowest BCUT2D eigenvalue weighted by Crippen LogP contribution is -2.17. The van der Waals surface area contributed by atoms with Crippen molar-refractivity contribution in [2.75, 3.05) is 37.6 Å². The number of ether oxygens (including phenoxy) is 3. The molecule has 2 aromatic rings. The van der Waals surface area contributed by atoms with E-state index in [2.05, 4.69) is 10.6 Å². The highest BCUT2D eigenvalue weighted by atomic mass is 16.6. The Kier molecular flexibility index (Phi) is 6.06. The topological polar surface area (TPSA) is 85.9 Å². The molecule has 7 nitrogen and oxygen atoms in total. The fourth-order valence-corrected chi connectivity index (χ4v) is 2.52. The number of hydrogen-bond acceptors (Lipinski definition) is 5. The van der Waals surface area contributed by atoms with Crippen molar-refractivity contribution in [3.8, 4) is 11.5 Å². The maximum atomic E-state index is 12.1. The molecule has 0 radical (unpaired) electrons. The quantitative estimate of drug-likeness (QED) is 0.766. The van der Waals surface area contributed by atoms with Gasteiger partial charge in [0.15, 0.2) is 11.5 Å². The van der Waals surface area contributed by atoms with Gasteiger partial charge in [-0.2, -0.15) is 0 Å². The summed E-state index contributed by atoms with van der Waals surface area (Å²) in [6, 6.07) is 12.4. The molecule has 0 unspecified atom stereocenters. The number of rotatable bonds is 6. The molecule has 140 valence electrons. The predicted octanol–water partition coefficient (Wildman–Crippen LogP) is 2.69. The lowest BCUT2D eigenvalue weighted by atomic mass is 10.2. The second kappa shape index (κ2) is 8.86. The van der Waals surface area contributed by atoms with Gasteiger partial charge in [0.25, 0.3) is 0 Å². The largest absolute Gasteiger partial charge is 0.486 e. The zero-order chi connectivity index (χ0) is 19.1. The third-order valence-electron chi connectivity index (χ3n) is 3.68. The third-order valence-corrected chi connectivity index (χ3v) is 3.68. The minimum atomic E-state index is -0.287. The minimum Gasteiger partial charge on any atom is -0.486 e. The number of nitrogens with one attached hydrogen (secondary N) is 2. The molecule has 0 atom stereocenters. The average molecular weight is 368 g/mol. The Hall–Kier alpha value is -3.32. The highest BCUT2D eigenvalue weighted by molar-refractivity contribution is 6.02.